The number of hydrogen-bond donors (Lipinski definition) is 2. The molecule has 0 spiro atoms. The fraction of sp³-hybridized carbons (Fsp3) is 0.188. The minimum absolute atomic E-state index is 0.0644. The van der Waals surface area contributed by atoms with Gasteiger partial charge < -0.3 is 10.6 Å². The van der Waals surface area contributed by atoms with E-state index in [1.54, 1.807) is 6.07 Å². The molecule has 2 aromatic rings. The maximum Gasteiger partial charge on any atom is 0.239 e. The maximum atomic E-state index is 11.8. The fourth-order valence-electron chi connectivity index (χ4n) is 1.75. The highest BCUT2D eigenvalue weighted by atomic mass is 35.5. The Morgan fingerprint density at radius 1 is 1.10 bits per heavy atom. The summed E-state index contributed by atoms with van der Waals surface area (Å²) in [5, 5.41) is 6.49. The summed E-state index contributed by atoms with van der Waals surface area (Å²) in [7, 11) is 0. The Balaban J connectivity index is 1.78. The first-order chi connectivity index (χ1) is 9.65. The van der Waals surface area contributed by atoms with Crippen LogP contribution in [0.15, 0.2) is 48.5 Å². The molecule has 20 heavy (non-hydrogen) atoms. The molecule has 0 saturated carbocycles. The second-order valence-electron chi connectivity index (χ2n) is 4.60. The number of halogens is 1. The smallest absolute Gasteiger partial charge is 0.239 e. The largest absolute Gasteiger partial charge is 0.375 e. The minimum atomic E-state index is -0.0644. The molecular formula is C16H17ClN2O. The predicted octanol–water partition coefficient (Wildman–Crippen LogP) is 3.38. The van der Waals surface area contributed by atoms with E-state index in [-0.39, 0.29) is 12.5 Å². The molecule has 0 radical (unpaired) electrons. The zero-order valence-electron chi connectivity index (χ0n) is 11.3. The van der Waals surface area contributed by atoms with Crippen molar-refractivity contribution in [1.29, 1.82) is 0 Å². The van der Waals surface area contributed by atoms with Crippen molar-refractivity contribution >= 4 is 23.2 Å². The monoisotopic (exact) mass is 288 g/mol. The van der Waals surface area contributed by atoms with E-state index in [1.807, 2.05) is 49.4 Å². The zero-order valence-corrected chi connectivity index (χ0v) is 12.1. The molecule has 0 unspecified atom stereocenters. The van der Waals surface area contributed by atoms with E-state index in [4.69, 9.17) is 11.6 Å². The van der Waals surface area contributed by atoms with Gasteiger partial charge in [0.2, 0.25) is 5.91 Å². The molecule has 2 rings (SSSR count). The molecule has 0 bridgehead atoms. The van der Waals surface area contributed by atoms with Crippen molar-refractivity contribution < 1.29 is 4.79 Å². The van der Waals surface area contributed by atoms with Crippen molar-refractivity contribution in [2.45, 2.75) is 13.5 Å². The number of nitrogens with one attached hydrogen (secondary N) is 2. The zero-order chi connectivity index (χ0) is 14.4. The average Bonchev–Trinajstić information content (AvgIpc) is 2.46. The summed E-state index contributed by atoms with van der Waals surface area (Å²) in [5.74, 6) is -0.0644. The lowest BCUT2D eigenvalue weighted by atomic mass is 10.1. The first-order valence-corrected chi connectivity index (χ1v) is 6.83. The Labute approximate surface area is 124 Å². The Morgan fingerprint density at radius 3 is 2.50 bits per heavy atom. The van der Waals surface area contributed by atoms with Gasteiger partial charge >= 0.3 is 0 Å². The molecule has 2 aromatic carbocycles. The van der Waals surface area contributed by atoms with Crippen LogP contribution in [0, 0.1) is 6.92 Å². The van der Waals surface area contributed by atoms with Gasteiger partial charge in [0.1, 0.15) is 0 Å². The summed E-state index contributed by atoms with van der Waals surface area (Å²) in [4.78, 5) is 11.8. The summed E-state index contributed by atoms with van der Waals surface area (Å²) < 4.78 is 0. The highest BCUT2D eigenvalue weighted by molar-refractivity contribution is 6.33. The summed E-state index contributed by atoms with van der Waals surface area (Å²) in [6, 6.07) is 15.4. The molecule has 0 aliphatic carbocycles. The molecule has 0 aromatic heterocycles. The molecule has 0 atom stereocenters. The molecule has 0 saturated heterocycles. The minimum Gasteiger partial charge on any atom is -0.375 e. The first-order valence-electron chi connectivity index (χ1n) is 6.46. The van der Waals surface area contributed by atoms with E-state index in [2.05, 4.69) is 10.6 Å². The van der Waals surface area contributed by atoms with E-state index in [0.717, 1.165) is 11.3 Å². The lowest BCUT2D eigenvalue weighted by Crippen LogP contribution is -2.29. The number of benzene rings is 2. The van der Waals surface area contributed by atoms with Crippen LogP contribution in [-0.4, -0.2) is 12.5 Å². The second-order valence-corrected chi connectivity index (χ2v) is 5.00. The second kappa shape index (κ2) is 6.96. The van der Waals surface area contributed by atoms with Gasteiger partial charge in [-0.05, 0) is 24.6 Å². The Morgan fingerprint density at radius 2 is 1.80 bits per heavy atom. The lowest BCUT2D eigenvalue weighted by molar-refractivity contribution is -0.119. The Kier molecular flexibility index (Phi) is 5.02. The quantitative estimate of drug-likeness (QED) is 0.885. The third-order valence-corrected chi connectivity index (χ3v) is 3.25. The maximum absolute atomic E-state index is 11.8. The molecule has 0 fully saturated rings. The molecule has 2 N–H and O–H groups in total. The van der Waals surface area contributed by atoms with Gasteiger partial charge in [0, 0.05) is 6.54 Å². The van der Waals surface area contributed by atoms with Gasteiger partial charge in [-0.3, -0.25) is 4.79 Å². The van der Waals surface area contributed by atoms with Gasteiger partial charge in [-0.15, -0.1) is 0 Å². The van der Waals surface area contributed by atoms with Crippen LogP contribution in [0.4, 0.5) is 5.69 Å². The Bertz CT molecular complexity index is 581. The van der Waals surface area contributed by atoms with E-state index < -0.39 is 0 Å². The normalized spacial score (nSPS) is 10.1. The number of carbonyl (C=O) groups is 1. The number of carbonyl (C=O) groups excluding carboxylic acids is 1. The molecule has 0 aliphatic heterocycles. The molecule has 3 nitrogen and oxygen atoms in total. The SMILES string of the molecule is Cc1ccc(CNC(=O)CNc2ccccc2Cl)cc1. The molecule has 4 heteroatoms. The summed E-state index contributed by atoms with van der Waals surface area (Å²) >= 11 is 6.00. The number of para-hydroxylation sites is 1. The van der Waals surface area contributed by atoms with Gasteiger partial charge in [0.05, 0.1) is 17.3 Å². The van der Waals surface area contributed by atoms with Crippen molar-refractivity contribution in [2.75, 3.05) is 11.9 Å². The average molecular weight is 289 g/mol. The summed E-state index contributed by atoms with van der Waals surface area (Å²) in [6.45, 7) is 2.77. The van der Waals surface area contributed by atoms with Crippen LogP contribution < -0.4 is 10.6 Å². The van der Waals surface area contributed by atoms with Crippen molar-refractivity contribution in [1.82, 2.24) is 5.32 Å². The topological polar surface area (TPSA) is 41.1 Å². The number of rotatable bonds is 5. The van der Waals surface area contributed by atoms with Crippen molar-refractivity contribution in [2.24, 2.45) is 0 Å². The van der Waals surface area contributed by atoms with Gasteiger partial charge in [0.25, 0.3) is 0 Å². The van der Waals surface area contributed by atoms with Crippen LogP contribution in [0.1, 0.15) is 11.1 Å². The van der Waals surface area contributed by atoms with E-state index in [9.17, 15) is 4.79 Å². The highest BCUT2D eigenvalue weighted by Crippen LogP contribution is 2.19. The van der Waals surface area contributed by atoms with Gasteiger partial charge in [-0.1, -0.05) is 53.6 Å². The molecule has 0 heterocycles. The predicted molar refractivity (Wildman–Crippen MR) is 83.0 cm³/mol. The standard InChI is InChI=1S/C16H17ClN2O/c1-12-6-8-13(9-7-12)10-19-16(20)11-18-15-5-3-2-4-14(15)17/h2-9,18H,10-11H2,1H3,(H,19,20). The lowest BCUT2D eigenvalue weighted by Gasteiger charge is -2.09. The van der Waals surface area contributed by atoms with Crippen molar-refractivity contribution in [3.8, 4) is 0 Å². The van der Waals surface area contributed by atoms with Crippen LogP contribution in [-0.2, 0) is 11.3 Å². The fourth-order valence-corrected chi connectivity index (χ4v) is 1.95. The molecular weight excluding hydrogens is 272 g/mol. The van der Waals surface area contributed by atoms with Gasteiger partial charge in [-0.25, -0.2) is 0 Å². The molecule has 1 amide bonds. The van der Waals surface area contributed by atoms with Crippen molar-refractivity contribution in [3.63, 3.8) is 0 Å². The number of anilines is 1. The first kappa shape index (κ1) is 14.4. The molecule has 0 aliphatic rings. The number of aryl methyl sites for hydroxylation is 1. The third-order valence-electron chi connectivity index (χ3n) is 2.92. The Hall–Kier alpha value is -2.00. The van der Waals surface area contributed by atoms with E-state index in [0.29, 0.717) is 11.6 Å². The summed E-state index contributed by atoms with van der Waals surface area (Å²) in [6.07, 6.45) is 0. The van der Waals surface area contributed by atoms with E-state index >= 15 is 0 Å². The summed E-state index contributed by atoms with van der Waals surface area (Å²) in [5.41, 5.74) is 3.06. The number of hydrogen-bond acceptors (Lipinski definition) is 2. The van der Waals surface area contributed by atoms with Gasteiger partial charge in [-0.2, -0.15) is 0 Å². The third kappa shape index (κ3) is 4.28. The number of amides is 1. The molecule has 104 valence electrons. The van der Waals surface area contributed by atoms with Crippen LogP contribution in [0.2, 0.25) is 5.02 Å². The van der Waals surface area contributed by atoms with Crippen LogP contribution in [0.3, 0.4) is 0 Å². The van der Waals surface area contributed by atoms with Gasteiger partial charge in [0.15, 0.2) is 0 Å². The van der Waals surface area contributed by atoms with E-state index in [1.165, 1.54) is 5.56 Å². The van der Waals surface area contributed by atoms with Crippen LogP contribution in [0.25, 0.3) is 0 Å². The highest BCUT2D eigenvalue weighted by Gasteiger charge is 2.03. The van der Waals surface area contributed by atoms with Crippen LogP contribution in [0.5, 0.6) is 0 Å². The van der Waals surface area contributed by atoms with Crippen molar-refractivity contribution in [3.05, 3.63) is 64.7 Å². The van der Waals surface area contributed by atoms with Crippen LogP contribution >= 0.6 is 11.6 Å².